The molecule has 0 aliphatic rings. The van der Waals surface area contributed by atoms with Gasteiger partial charge in [-0.05, 0) is 32.4 Å². The molecule has 1 aromatic heterocycles. The van der Waals surface area contributed by atoms with Crippen LogP contribution in [0.15, 0.2) is 39.9 Å². The summed E-state index contributed by atoms with van der Waals surface area (Å²) in [7, 11) is 0. The predicted molar refractivity (Wildman–Crippen MR) is 99.3 cm³/mol. The Kier molecular flexibility index (Phi) is 7.33. The fourth-order valence-electron chi connectivity index (χ4n) is 2.25. The first-order valence-corrected chi connectivity index (χ1v) is 8.76. The maximum atomic E-state index is 5.59. The van der Waals surface area contributed by atoms with Crippen molar-refractivity contribution in [3.8, 4) is 11.5 Å². The molecule has 0 spiro atoms. The molecule has 0 amide bonds. The smallest absolute Gasteiger partial charge is 0.226 e. The molecule has 0 bridgehead atoms. The number of hydrogen-bond acceptors (Lipinski definition) is 3. The number of guanidine groups is 1. The number of rotatable bonds is 8. The van der Waals surface area contributed by atoms with E-state index in [9.17, 15) is 0 Å². The van der Waals surface area contributed by atoms with Crippen molar-refractivity contribution >= 4 is 5.96 Å². The maximum absolute atomic E-state index is 5.59. The number of nitrogens with zero attached hydrogens (tertiary/aromatic N) is 2. The second-order valence-corrected chi connectivity index (χ2v) is 5.80. The Morgan fingerprint density at radius 1 is 1.17 bits per heavy atom. The zero-order valence-electron chi connectivity index (χ0n) is 14.9. The molecule has 2 aromatic rings. The third-order valence-corrected chi connectivity index (χ3v) is 3.65. The molecule has 0 unspecified atom stereocenters. The summed E-state index contributed by atoms with van der Waals surface area (Å²) in [5.41, 5.74) is 3.19. The second-order valence-electron chi connectivity index (χ2n) is 5.80. The minimum atomic E-state index is 0.675. The molecule has 0 fully saturated rings. The monoisotopic (exact) mass is 328 g/mol. The quantitative estimate of drug-likeness (QED) is 0.442. The van der Waals surface area contributed by atoms with Crippen LogP contribution in [0.4, 0.5) is 0 Å². The van der Waals surface area contributed by atoms with Crippen LogP contribution in [0.3, 0.4) is 0 Å². The summed E-state index contributed by atoms with van der Waals surface area (Å²) in [6, 6.07) is 8.20. The standard InChI is InChI=1S/C19H28N4O/c1-4-6-12-21-19(20-5-2)22-13-11-17-14-24-18(23-17)16-9-7-15(3)8-10-16/h7-10,14H,4-6,11-13H2,1-3H3,(H2,20,21,22). The fourth-order valence-corrected chi connectivity index (χ4v) is 2.25. The molecule has 0 saturated heterocycles. The first-order chi connectivity index (χ1) is 11.7. The third kappa shape index (κ3) is 5.72. The highest BCUT2D eigenvalue weighted by Gasteiger charge is 2.06. The van der Waals surface area contributed by atoms with E-state index in [2.05, 4.69) is 53.5 Å². The molecule has 0 radical (unpaired) electrons. The van der Waals surface area contributed by atoms with E-state index in [0.29, 0.717) is 5.89 Å². The van der Waals surface area contributed by atoms with Crippen LogP contribution in [0.2, 0.25) is 0 Å². The van der Waals surface area contributed by atoms with Gasteiger partial charge in [0.15, 0.2) is 5.96 Å². The van der Waals surface area contributed by atoms with Crippen LogP contribution in [0, 0.1) is 6.92 Å². The van der Waals surface area contributed by atoms with Crippen molar-refractivity contribution in [3.05, 3.63) is 41.8 Å². The summed E-state index contributed by atoms with van der Waals surface area (Å²) in [5, 5.41) is 6.60. The van der Waals surface area contributed by atoms with E-state index in [1.807, 2.05) is 12.1 Å². The van der Waals surface area contributed by atoms with Gasteiger partial charge >= 0.3 is 0 Å². The summed E-state index contributed by atoms with van der Waals surface area (Å²) >= 11 is 0. The van der Waals surface area contributed by atoms with Gasteiger partial charge in [-0.25, -0.2) is 4.98 Å². The predicted octanol–water partition coefficient (Wildman–Crippen LogP) is 3.55. The highest BCUT2D eigenvalue weighted by Crippen LogP contribution is 2.19. The summed E-state index contributed by atoms with van der Waals surface area (Å²) < 4.78 is 5.59. The number of oxazole rings is 1. The van der Waals surface area contributed by atoms with E-state index >= 15 is 0 Å². The topological polar surface area (TPSA) is 62.5 Å². The lowest BCUT2D eigenvalue weighted by molar-refractivity contribution is 0.572. The molecule has 2 rings (SSSR count). The number of aliphatic imine (C=N–C) groups is 1. The van der Waals surface area contributed by atoms with Gasteiger partial charge in [0, 0.05) is 31.6 Å². The minimum Gasteiger partial charge on any atom is -0.444 e. The lowest BCUT2D eigenvalue weighted by Crippen LogP contribution is -2.38. The van der Waals surface area contributed by atoms with Gasteiger partial charge in [0.25, 0.3) is 0 Å². The first kappa shape index (κ1) is 18.0. The molecule has 130 valence electrons. The molecule has 0 saturated carbocycles. The number of hydrogen-bond donors (Lipinski definition) is 2. The number of unbranched alkanes of at least 4 members (excludes halogenated alkanes) is 1. The molecular formula is C19H28N4O. The largest absolute Gasteiger partial charge is 0.444 e. The first-order valence-electron chi connectivity index (χ1n) is 8.76. The molecule has 1 heterocycles. The van der Waals surface area contributed by atoms with Gasteiger partial charge < -0.3 is 15.1 Å². The van der Waals surface area contributed by atoms with E-state index in [1.165, 1.54) is 5.56 Å². The number of aromatic nitrogens is 1. The summed E-state index contributed by atoms with van der Waals surface area (Å²) in [5.74, 6) is 1.54. The van der Waals surface area contributed by atoms with Crippen LogP contribution in [0.5, 0.6) is 0 Å². The molecule has 5 heteroatoms. The molecule has 2 N–H and O–H groups in total. The molecule has 1 aromatic carbocycles. The van der Waals surface area contributed by atoms with Crippen molar-refractivity contribution in [3.63, 3.8) is 0 Å². The summed E-state index contributed by atoms with van der Waals surface area (Å²) in [6.45, 7) is 8.81. The Bertz CT molecular complexity index is 631. The Hall–Kier alpha value is -2.30. The second kappa shape index (κ2) is 9.75. The molecule has 5 nitrogen and oxygen atoms in total. The highest BCUT2D eigenvalue weighted by molar-refractivity contribution is 5.79. The molecular weight excluding hydrogens is 300 g/mol. The Morgan fingerprint density at radius 3 is 2.67 bits per heavy atom. The van der Waals surface area contributed by atoms with Gasteiger partial charge in [-0.1, -0.05) is 31.0 Å². The van der Waals surface area contributed by atoms with Crippen molar-refractivity contribution in [1.82, 2.24) is 15.6 Å². The summed E-state index contributed by atoms with van der Waals surface area (Å²) in [6.07, 6.45) is 4.80. The SMILES string of the molecule is CCCCN=C(NCC)NCCc1coc(-c2ccc(C)cc2)n1. The van der Waals surface area contributed by atoms with Crippen LogP contribution in [0.1, 0.15) is 37.9 Å². The van der Waals surface area contributed by atoms with Crippen LogP contribution < -0.4 is 10.6 Å². The molecule has 24 heavy (non-hydrogen) atoms. The highest BCUT2D eigenvalue weighted by atomic mass is 16.3. The van der Waals surface area contributed by atoms with E-state index in [4.69, 9.17) is 4.42 Å². The minimum absolute atomic E-state index is 0.675. The van der Waals surface area contributed by atoms with Crippen LogP contribution >= 0.6 is 0 Å². The van der Waals surface area contributed by atoms with Crippen molar-refractivity contribution in [2.75, 3.05) is 19.6 Å². The van der Waals surface area contributed by atoms with E-state index in [0.717, 1.165) is 56.1 Å². The zero-order chi connectivity index (χ0) is 17.2. The van der Waals surface area contributed by atoms with Gasteiger partial charge in [-0.3, -0.25) is 4.99 Å². The Balaban J connectivity index is 1.85. The van der Waals surface area contributed by atoms with Crippen LogP contribution in [0.25, 0.3) is 11.5 Å². The lowest BCUT2D eigenvalue weighted by atomic mass is 10.1. The normalized spacial score (nSPS) is 11.5. The maximum Gasteiger partial charge on any atom is 0.226 e. The average Bonchev–Trinajstić information content (AvgIpc) is 3.04. The van der Waals surface area contributed by atoms with E-state index < -0.39 is 0 Å². The van der Waals surface area contributed by atoms with E-state index in [1.54, 1.807) is 6.26 Å². The van der Waals surface area contributed by atoms with Gasteiger partial charge in [-0.15, -0.1) is 0 Å². The van der Waals surface area contributed by atoms with Gasteiger partial charge in [0.05, 0.1) is 5.69 Å². The molecule has 0 atom stereocenters. The number of aryl methyl sites for hydroxylation is 1. The Morgan fingerprint density at radius 2 is 1.96 bits per heavy atom. The van der Waals surface area contributed by atoms with Crippen LogP contribution in [-0.4, -0.2) is 30.6 Å². The van der Waals surface area contributed by atoms with E-state index in [-0.39, 0.29) is 0 Å². The van der Waals surface area contributed by atoms with Gasteiger partial charge in [-0.2, -0.15) is 0 Å². The molecule has 0 aliphatic heterocycles. The van der Waals surface area contributed by atoms with Crippen LogP contribution in [-0.2, 0) is 6.42 Å². The fraction of sp³-hybridized carbons (Fsp3) is 0.474. The Labute approximate surface area is 144 Å². The average molecular weight is 328 g/mol. The zero-order valence-corrected chi connectivity index (χ0v) is 14.9. The number of nitrogens with one attached hydrogen (secondary N) is 2. The van der Waals surface area contributed by atoms with Crippen molar-refractivity contribution in [1.29, 1.82) is 0 Å². The number of benzene rings is 1. The van der Waals surface area contributed by atoms with Crippen molar-refractivity contribution < 1.29 is 4.42 Å². The third-order valence-electron chi connectivity index (χ3n) is 3.65. The molecule has 0 aliphatic carbocycles. The van der Waals surface area contributed by atoms with Gasteiger partial charge in [0.2, 0.25) is 5.89 Å². The van der Waals surface area contributed by atoms with Gasteiger partial charge in [0.1, 0.15) is 6.26 Å². The van der Waals surface area contributed by atoms with Crippen molar-refractivity contribution in [2.24, 2.45) is 4.99 Å². The summed E-state index contributed by atoms with van der Waals surface area (Å²) in [4.78, 5) is 9.11. The van der Waals surface area contributed by atoms with Crippen molar-refractivity contribution in [2.45, 2.75) is 40.0 Å². The lowest BCUT2D eigenvalue weighted by Gasteiger charge is -2.10.